The van der Waals surface area contributed by atoms with Gasteiger partial charge in [0, 0.05) is 18.7 Å². The van der Waals surface area contributed by atoms with Crippen LogP contribution in [0.25, 0.3) is 0 Å². The molecule has 1 aromatic rings. The summed E-state index contributed by atoms with van der Waals surface area (Å²) in [7, 11) is 0. The number of benzene rings is 1. The molecule has 0 aliphatic carbocycles. The summed E-state index contributed by atoms with van der Waals surface area (Å²) < 4.78 is 5.26. The largest absolute Gasteiger partial charge is 0.444 e. The lowest BCUT2D eigenvalue weighted by Crippen LogP contribution is -2.54. The van der Waals surface area contributed by atoms with Crippen LogP contribution in [0.5, 0.6) is 0 Å². The maximum absolute atomic E-state index is 13.7. The molecular formula is C28H43N3O5. The van der Waals surface area contributed by atoms with E-state index in [2.05, 4.69) is 23.5 Å². The van der Waals surface area contributed by atoms with Crippen LogP contribution in [0.2, 0.25) is 0 Å². The van der Waals surface area contributed by atoms with Gasteiger partial charge in [-0.25, -0.2) is 4.79 Å². The molecule has 0 saturated carbocycles. The summed E-state index contributed by atoms with van der Waals surface area (Å²) in [6.45, 7) is 9.38. The van der Waals surface area contributed by atoms with E-state index in [0.29, 0.717) is 24.1 Å². The number of aliphatic hydroxyl groups excluding tert-OH is 1. The Hall–Kier alpha value is -3.05. The van der Waals surface area contributed by atoms with Crippen molar-refractivity contribution in [2.45, 2.75) is 90.8 Å². The fourth-order valence-corrected chi connectivity index (χ4v) is 3.65. The van der Waals surface area contributed by atoms with Gasteiger partial charge in [0.15, 0.2) is 0 Å². The van der Waals surface area contributed by atoms with Crippen LogP contribution in [-0.2, 0) is 14.3 Å². The standard InChI is InChI=1S/C28H43N3O5/c1-7-10-12-18-29-25(33)24(22-16-14-21(9-3)15-17-22)31(19-13-11-8-2)26(34)23(20-32)30-27(35)36-28(4,5)6/h3,14-17,23-24,32H,7-8,10-13,18-20H2,1-2,4-6H3,(H,29,33)(H,30,35). The number of aliphatic hydroxyl groups is 1. The van der Waals surface area contributed by atoms with Crippen LogP contribution < -0.4 is 10.6 Å². The Bertz CT molecular complexity index is 871. The number of hydrogen-bond donors (Lipinski definition) is 3. The summed E-state index contributed by atoms with van der Waals surface area (Å²) in [6.07, 6.45) is 9.94. The van der Waals surface area contributed by atoms with Crippen molar-refractivity contribution >= 4 is 17.9 Å². The first-order valence-electron chi connectivity index (χ1n) is 12.8. The highest BCUT2D eigenvalue weighted by Gasteiger charge is 2.35. The van der Waals surface area contributed by atoms with Gasteiger partial charge in [-0.05, 0) is 51.3 Å². The van der Waals surface area contributed by atoms with E-state index >= 15 is 0 Å². The highest BCUT2D eigenvalue weighted by molar-refractivity contribution is 5.92. The zero-order valence-corrected chi connectivity index (χ0v) is 22.4. The molecule has 3 N–H and O–H groups in total. The van der Waals surface area contributed by atoms with Crippen molar-refractivity contribution in [3.05, 3.63) is 35.4 Å². The SMILES string of the molecule is C#Cc1ccc(C(C(=O)NCCCCC)N(CCCCC)C(=O)C(CO)NC(=O)OC(C)(C)C)cc1. The predicted octanol–water partition coefficient (Wildman–Crippen LogP) is 3.92. The minimum absolute atomic E-state index is 0.281. The Balaban J connectivity index is 3.33. The maximum atomic E-state index is 13.7. The third-order valence-corrected chi connectivity index (χ3v) is 5.49. The summed E-state index contributed by atoms with van der Waals surface area (Å²) >= 11 is 0. The van der Waals surface area contributed by atoms with E-state index in [-0.39, 0.29) is 12.5 Å². The summed E-state index contributed by atoms with van der Waals surface area (Å²) in [6, 6.07) is 4.72. The van der Waals surface area contributed by atoms with E-state index in [1.165, 1.54) is 4.90 Å². The fraction of sp³-hybridized carbons (Fsp3) is 0.607. The van der Waals surface area contributed by atoms with E-state index in [1.54, 1.807) is 45.0 Å². The first-order chi connectivity index (χ1) is 17.1. The van der Waals surface area contributed by atoms with Crippen molar-refractivity contribution in [1.82, 2.24) is 15.5 Å². The first kappa shape index (κ1) is 31.0. The molecule has 2 unspecified atom stereocenters. The summed E-state index contributed by atoms with van der Waals surface area (Å²) in [5.41, 5.74) is 0.485. The molecule has 0 aliphatic heterocycles. The van der Waals surface area contributed by atoms with Crippen LogP contribution in [0.1, 0.15) is 90.3 Å². The molecule has 0 fully saturated rings. The van der Waals surface area contributed by atoms with Gasteiger partial charge in [-0.15, -0.1) is 6.42 Å². The highest BCUT2D eigenvalue weighted by Crippen LogP contribution is 2.24. The molecule has 0 saturated heterocycles. The molecule has 1 rings (SSSR count). The molecular weight excluding hydrogens is 458 g/mol. The van der Waals surface area contributed by atoms with Gasteiger partial charge in [0.05, 0.1) is 6.61 Å². The molecule has 200 valence electrons. The monoisotopic (exact) mass is 501 g/mol. The van der Waals surface area contributed by atoms with Crippen molar-refractivity contribution in [3.8, 4) is 12.3 Å². The molecule has 0 spiro atoms. The van der Waals surface area contributed by atoms with Crippen molar-refractivity contribution in [1.29, 1.82) is 0 Å². The second-order valence-corrected chi connectivity index (χ2v) is 9.79. The van der Waals surface area contributed by atoms with Crippen LogP contribution in [0.15, 0.2) is 24.3 Å². The second-order valence-electron chi connectivity index (χ2n) is 9.79. The topological polar surface area (TPSA) is 108 Å². The minimum atomic E-state index is -1.26. The van der Waals surface area contributed by atoms with Gasteiger partial charge in [-0.3, -0.25) is 9.59 Å². The van der Waals surface area contributed by atoms with Gasteiger partial charge in [0.1, 0.15) is 17.7 Å². The average molecular weight is 502 g/mol. The Morgan fingerprint density at radius 3 is 2.19 bits per heavy atom. The van der Waals surface area contributed by atoms with Crippen LogP contribution in [-0.4, -0.2) is 59.3 Å². The lowest BCUT2D eigenvalue weighted by molar-refractivity contribution is -0.143. The van der Waals surface area contributed by atoms with E-state index < -0.39 is 36.3 Å². The van der Waals surface area contributed by atoms with E-state index in [9.17, 15) is 19.5 Å². The number of amides is 3. The number of alkyl carbamates (subject to hydrolysis) is 1. The van der Waals surface area contributed by atoms with Crippen LogP contribution in [0.3, 0.4) is 0 Å². The molecule has 2 atom stereocenters. The quantitative estimate of drug-likeness (QED) is 0.265. The Morgan fingerprint density at radius 1 is 1.06 bits per heavy atom. The third kappa shape index (κ3) is 10.7. The molecule has 3 amide bonds. The van der Waals surface area contributed by atoms with Crippen molar-refractivity contribution in [2.24, 2.45) is 0 Å². The van der Waals surface area contributed by atoms with E-state index in [0.717, 1.165) is 32.1 Å². The summed E-state index contributed by atoms with van der Waals surface area (Å²) in [5.74, 6) is 1.67. The maximum Gasteiger partial charge on any atom is 0.408 e. The number of carbonyl (C=O) groups excluding carboxylic acids is 3. The molecule has 8 nitrogen and oxygen atoms in total. The number of carbonyl (C=O) groups is 3. The van der Waals surface area contributed by atoms with E-state index in [4.69, 9.17) is 11.2 Å². The fourth-order valence-electron chi connectivity index (χ4n) is 3.65. The minimum Gasteiger partial charge on any atom is -0.444 e. The summed E-state index contributed by atoms with van der Waals surface area (Å²) in [5, 5.41) is 15.4. The molecule has 0 radical (unpaired) electrons. The van der Waals surface area contributed by atoms with Gasteiger partial charge in [0.2, 0.25) is 11.8 Å². The molecule has 0 aliphatic rings. The molecule has 0 aromatic heterocycles. The van der Waals surface area contributed by atoms with Crippen molar-refractivity contribution < 1.29 is 24.2 Å². The lowest BCUT2D eigenvalue weighted by atomic mass is 10.0. The van der Waals surface area contributed by atoms with Gasteiger partial charge in [-0.1, -0.05) is 57.6 Å². The van der Waals surface area contributed by atoms with E-state index in [1.807, 2.05) is 6.92 Å². The number of nitrogens with zero attached hydrogens (tertiary/aromatic N) is 1. The Labute approximate surface area is 216 Å². The number of unbranched alkanes of at least 4 members (excludes halogenated alkanes) is 4. The zero-order chi connectivity index (χ0) is 27.1. The molecule has 1 aromatic carbocycles. The first-order valence-corrected chi connectivity index (χ1v) is 12.8. The van der Waals surface area contributed by atoms with Crippen LogP contribution >= 0.6 is 0 Å². The normalized spacial score (nSPS) is 12.7. The van der Waals surface area contributed by atoms with Crippen molar-refractivity contribution in [2.75, 3.05) is 19.7 Å². The van der Waals surface area contributed by atoms with Gasteiger partial charge < -0.3 is 25.4 Å². The highest BCUT2D eigenvalue weighted by atomic mass is 16.6. The average Bonchev–Trinajstić information content (AvgIpc) is 2.83. The predicted molar refractivity (Wildman–Crippen MR) is 141 cm³/mol. The molecule has 8 heteroatoms. The third-order valence-electron chi connectivity index (χ3n) is 5.49. The Kier molecular flexibility index (Phi) is 13.6. The lowest BCUT2D eigenvalue weighted by Gasteiger charge is -2.34. The molecule has 36 heavy (non-hydrogen) atoms. The van der Waals surface area contributed by atoms with Crippen LogP contribution in [0, 0.1) is 12.3 Å². The second kappa shape index (κ2) is 15.8. The van der Waals surface area contributed by atoms with Gasteiger partial charge >= 0.3 is 6.09 Å². The number of terminal acetylenes is 1. The molecule has 0 heterocycles. The summed E-state index contributed by atoms with van der Waals surface area (Å²) in [4.78, 5) is 40.9. The number of hydrogen-bond acceptors (Lipinski definition) is 5. The van der Waals surface area contributed by atoms with Crippen LogP contribution in [0.4, 0.5) is 4.79 Å². The number of rotatable bonds is 14. The van der Waals surface area contributed by atoms with Gasteiger partial charge in [-0.2, -0.15) is 0 Å². The molecule has 0 bridgehead atoms. The van der Waals surface area contributed by atoms with Gasteiger partial charge in [0.25, 0.3) is 0 Å². The Morgan fingerprint density at radius 2 is 1.67 bits per heavy atom. The zero-order valence-electron chi connectivity index (χ0n) is 22.4. The number of ether oxygens (including phenoxy) is 1. The van der Waals surface area contributed by atoms with Crippen molar-refractivity contribution in [3.63, 3.8) is 0 Å². The smallest absolute Gasteiger partial charge is 0.408 e. The number of nitrogens with one attached hydrogen (secondary N) is 2.